The van der Waals surface area contributed by atoms with E-state index in [2.05, 4.69) is 10.4 Å². The van der Waals surface area contributed by atoms with Crippen molar-refractivity contribution in [1.29, 1.82) is 0 Å². The maximum absolute atomic E-state index is 12.8. The maximum Gasteiger partial charge on any atom is 0.328 e. The topological polar surface area (TPSA) is 99.2 Å². The molecule has 1 heterocycles. The normalized spacial score (nSPS) is 11.6. The fraction of sp³-hybridized carbons (Fsp3) is 0.148. The Hall–Kier alpha value is -4.39. The zero-order valence-electron chi connectivity index (χ0n) is 19.1. The van der Waals surface area contributed by atoms with Gasteiger partial charge in [0.15, 0.2) is 0 Å². The van der Waals surface area contributed by atoms with E-state index in [1.165, 1.54) is 7.11 Å². The summed E-state index contributed by atoms with van der Waals surface area (Å²) < 4.78 is 6.51. The molecule has 7 heteroatoms. The third-order valence-corrected chi connectivity index (χ3v) is 5.50. The highest BCUT2D eigenvalue weighted by Gasteiger charge is 2.22. The summed E-state index contributed by atoms with van der Waals surface area (Å²) >= 11 is 0. The van der Waals surface area contributed by atoms with Gasteiger partial charge in [-0.1, -0.05) is 54.1 Å². The molecule has 0 aliphatic heterocycles. The van der Waals surface area contributed by atoms with Crippen LogP contribution in [0.2, 0.25) is 0 Å². The molecule has 0 saturated carbocycles. The summed E-state index contributed by atoms with van der Waals surface area (Å²) in [5.41, 5.74) is 11.1. The van der Waals surface area contributed by atoms with Crippen molar-refractivity contribution >= 4 is 17.7 Å². The summed E-state index contributed by atoms with van der Waals surface area (Å²) in [5, 5.41) is 7.40. The molecule has 1 amide bonds. The molecular weight excluding hydrogens is 428 g/mol. The minimum Gasteiger partial charge on any atom is -0.467 e. The maximum atomic E-state index is 12.8. The minimum atomic E-state index is -0.793. The Morgan fingerprint density at radius 1 is 1.00 bits per heavy atom. The van der Waals surface area contributed by atoms with Crippen molar-refractivity contribution in [2.75, 3.05) is 12.8 Å². The van der Waals surface area contributed by atoms with E-state index in [0.717, 1.165) is 28.1 Å². The lowest BCUT2D eigenvalue weighted by atomic mass is 10.1. The second-order valence-electron chi connectivity index (χ2n) is 8.02. The van der Waals surface area contributed by atoms with E-state index in [4.69, 9.17) is 10.5 Å². The lowest BCUT2D eigenvalue weighted by molar-refractivity contribution is -0.142. The predicted molar refractivity (Wildman–Crippen MR) is 132 cm³/mol. The van der Waals surface area contributed by atoms with Crippen molar-refractivity contribution in [3.8, 4) is 16.9 Å². The Morgan fingerprint density at radius 2 is 1.74 bits per heavy atom. The summed E-state index contributed by atoms with van der Waals surface area (Å²) in [6.45, 7) is 2.03. The number of nitrogens with one attached hydrogen (secondary N) is 1. The van der Waals surface area contributed by atoms with Crippen LogP contribution in [0.5, 0.6) is 0 Å². The number of hydrogen-bond acceptors (Lipinski definition) is 5. The first-order valence-corrected chi connectivity index (χ1v) is 10.9. The third kappa shape index (κ3) is 5.15. The Kier molecular flexibility index (Phi) is 6.73. The Morgan fingerprint density at radius 3 is 2.41 bits per heavy atom. The fourth-order valence-corrected chi connectivity index (χ4v) is 3.73. The fourth-order valence-electron chi connectivity index (χ4n) is 3.73. The van der Waals surface area contributed by atoms with Gasteiger partial charge in [-0.2, -0.15) is 5.10 Å². The van der Waals surface area contributed by atoms with E-state index in [-0.39, 0.29) is 5.91 Å². The van der Waals surface area contributed by atoms with E-state index in [9.17, 15) is 9.59 Å². The van der Waals surface area contributed by atoms with Crippen molar-refractivity contribution in [2.24, 2.45) is 0 Å². The quantitative estimate of drug-likeness (QED) is 0.412. The Labute approximate surface area is 198 Å². The summed E-state index contributed by atoms with van der Waals surface area (Å²) in [7, 11) is 1.31. The van der Waals surface area contributed by atoms with Crippen LogP contribution in [-0.4, -0.2) is 34.8 Å². The number of rotatable bonds is 7. The average molecular weight is 455 g/mol. The SMILES string of the molecule is COC(=O)C(Cc1ccccc1)NC(=O)c1ccc(-n2nc(-c3cccc(C)c3)cc2N)cc1. The largest absolute Gasteiger partial charge is 0.467 e. The van der Waals surface area contributed by atoms with Gasteiger partial charge < -0.3 is 15.8 Å². The molecule has 0 aliphatic rings. The van der Waals surface area contributed by atoms with Crippen molar-refractivity contribution < 1.29 is 14.3 Å². The summed E-state index contributed by atoms with van der Waals surface area (Å²) in [6, 6.07) is 25.4. The molecule has 1 atom stereocenters. The molecule has 172 valence electrons. The Bertz CT molecular complexity index is 1300. The van der Waals surface area contributed by atoms with Gasteiger partial charge in [0.2, 0.25) is 0 Å². The molecule has 0 aliphatic carbocycles. The van der Waals surface area contributed by atoms with Crippen molar-refractivity contribution in [3.63, 3.8) is 0 Å². The number of anilines is 1. The second kappa shape index (κ2) is 10.0. The van der Waals surface area contributed by atoms with E-state index in [0.29, 0.717) is 17.8 Å². The zero-order valence-corrected chi connectivity index (χ0v) is 19.1. The van der Waals surface area contributed by atoms with Crippen LogP contribution in [0.25, 0.3) is 16.9 Å². The lowest BCUT2D eigenvalue weighted by Gasteiger charge is -2.17. The molecule has 1 unspecified atom stereocenters. The van der Waals surface area contributed by atoms with Crippen LogP contribution < -0.4 is 11.1 Å². The number of hydrogen-bond donors (Lipinski definition) is 2. The average Bonchev–Trinajstić information content (AvgIpc) is 3.25. The molecule has 7 nitrogen and oxygen atoms in total. The number of nitrogens with two attached hydrogens (primary N) is 1. The van der Waals surface area contributed by atoms with Gasteiger partial charge in [-0.25, -0.2) is 9.48 Å². The first-order chi connectivity index (χ1) is 16.4. The minimum absolute atomic E-state index is 0.336. The van der Waals surface area contributed by atoms with Crippen LogP contribution in [0.3, 0.4) is 0 Å². The molecule has 0 radical (unpaired) electrons. The van der Waals surface area contributed by atoms with Crippen molar-refractivity contribution in [3.05, 3.63) is 102 Å². The number of nitrogens with zero attached hydrogens (tertiary/aromatic N) is 2. The number of amides is 1. The van der Waals surface area contributed by atoms with Crippen LogP contribution in [0.15, 0.2) is 84.9 Å². The van der Waals surface area contributed by atoms with Gasteiger partial charge in [-0.3, -0.25) is 4.79 Å². The standard InChI is InChI=1S/C27H26N4O3/c1-18-7-6-10-21(15-18)23-17-25(28)31(30-23)22-13-11-20(12-14-22)26(32)29-24(27(33)34-2)16-19-8-4-3-5-9-19/h3-15,17,24H,16,28H2,1-2H3,(H,29,32). The molecule has 4 rings (SSSR count). The van der Waals surface area contributed by atoms with Gasteiger partial charge in [0, 0.05) is 23.6 Å². The van der Waals surface area contributed by atoms with Crippen molar-refractivity contribution in [1.82, 2.24) is 15.1 Å². The van der Waals surface area contributed by atoms with E-state index < -0.39 is 12.0 Å². The number of carbonyl (C=O) groups excluding carboxylic acids is 2. The number of ether oxygens (including phenoxy) is 1. The van der Waals surface area contributed by atoms with E-state index >= 15 is 0 Å². The van der Waals surface area contributed by atoms with E-state index in [1.54, 1.807) is 28.9 Å². The monoisotopic (exact) mass is 454 g/mol. The third-order valence-electron chi connectivity index (χ3n) is 5.50. The van der Waals surface area contributed by atoms with Crippen LogP contribution in [0, 0.1) is 6.92 Å². The molecule has 34 heavy (non-hydrogen) atoms. The Balaban J connectivity index is 1.50. The first-order valence-electron chi connectivity index (χ1n) is 10.9. The summed E-state index contributed by atoms with van der Waals surface area (Å²) in [5.74, 6) is -0.379. The number of aryl methyl sites for hydroxylation is 1. The van der Waals surface area contributed by atoms with Gasteiger partial charge in [0.25, 0.3) is 5.91 Å². The number of nitrogen functional groups attached to an aromatic ring is 1. The van der Waals surface area contributed by atoms with Gasteiger partial charge in [0.05, 0.1) is 18.5 Å². The predicted octanol–water partition coefficient (Wildman–Crippen LogP) is 3.94. The van der Waals surface area contributed by atoms with Gasteiger partial charge in [0.1, 0.15) is 11.9 Å². The van der Waals surface area contributed by atoms with Gasteiger partial charge in [-0.05, 0) is 42.8 Å². The molecular formula is C27H26N4O3. The molecule has 0 saturated heterocycles. The van der Waals surface area contributed by atoms with Crippen LogP contribution in [0.4, 0.5) is 5.82 Å². The zero-order chi connectivity index (χ0) is 24.1. The van der Waals surface area contributed by atoms with Crippen LogP contribution in [-0.2, 0) is 16.0 Å². The summed E-state index contributed by atoms with van der Waals surface area (Å²) in [4.78, 5) is 25.1. The van der Waals surface area contributed by atoms with Crippen LogP contribution >= 0.6 is 0 Å². The number of carbonyl (C=O) groups is 2. The van der Waals surface area contributed by atoms with Gasteiger partial charge in [-0.15, -0.1) is 0 Å². The van der Waals surface area contributed by atoms with Crippen molar-refractivity contribution in [2.45, 2.75) is 19.4 Å². The molecule has 3 N–H and O–H groups in total. The van der Waals surface area contributed by atoms with Gasteiger partial charge >= 0.3 is 5.97 Å². The molecule has 3 aromatic carbocycles. The number of benzene rings is 3. The molecule has 4 aromatic rings. The first kappa shape index (κ1) is 22.8. The van der Waals surface area contributed by atoms with E-state index in [1.807, 2.05) is 67.6 Å². The number of esters is 1. The molecule has 1 aromatic heterocycles. The molecule has 0 fully saturated rings. The van der Waals surface area contributed by atoms with Crippen LogP contribution in [0.1, 0.15) is 21.5 Å². The smallest absolute Gasteiger partial charge is 0.328 e. The lowest BCUT2D eigenvalue weighted by Crippen LogP contribution is -2.43. The number of aromatic nitrogens is 2. The highest BCUT2D eigenvalue weighted by atomic mass is 16.5. The highest BCUT2D eigenvalue weighted by molar-refractivity contribution is 5.97. The second-order valence-corrected chi connectivity index (χ2v) is 8.02. The molecule has 0 bridgehead atoms. The number of methoxy groups -OCH3 is 1. The highest BCUT2D eigenvalue weighted by Crippen LogP contribution is 2.24. The molecule has 0 spiro atoms. The summed E-state index contributed by atoms with van der Waals surface area (Å²) in [6.07, 6.45) is 0.336.